The van der Waals surface area contributed by atoms with Crippen molar-refractivity contribution in [1.82, 2.24) is 0 Å². The maximum absolute atomic E-state index is 5.01. The third-order valence-electron chi connectivity index (χ3n) is 0.686. The summed E-state index contributed by atoms with van der Waals surface area (Å²) in [7, 11) is 3.34. The van der Waals surface area contributed by atoms with Crippen LogP contribution in [0, 0.1) is 5.92 Å². The third-order valence-corrected chi connectivity index (χ3v) is 2.84. The number of rotatable bonds is 2. The Kier molecular flexibility index (Phi) is 4.90. The lowest BCUT2D eigenvalue weighted by molar-refractivity contribution is 0.915. The van der Waals surface area contributed by atoms with Crippen molar-refractivity contribution in [3.63, 3.8) is 0 Å². The fraction of sp³-hybridized carbons (Fsp3) is 0.800. The van der Waals surface area contributed by atoms with Gasteiger partial charge in [-0.3, -0.25) is 0 Å². The number of hydrogen-bond donors (Lipinski definition) is 0. The van der Waals surface area contributed by atoms with E-state index in [0.29, 0.717) is 5.92 Å². The molecule has 0 spiro atoms. The zero-order chi connectivity index (χ0) is 6.57. The molecule has 0 aromatic heterocycles. The van der Waals surface area contributed by atoms with Crippen LogP contribution in [0.2, 0.25) is 0 Å². The number of thioether (sulfide) groups is 1. The van der Waals surface area contributed by atoms with Crippen molar-refractivity contribution in [3.8, 4) is 0 Å². The van der Waals surface area contributed by atoms with Crippen molar-refractivity contribution in [2.24, 2.45) is 5.92 Å². The van der Waals surface area contributed by atoms with E-state index in [4.69, 9.17) is 12.2 Å². The molecule has 0 atom stereocenters. The molecule has 3 radical (unpaired) electrons. The van der Waals surface area contributed by atoms with E-state index in [9.17, 15) is 0 Å². The van der Waals surface area contributed by atoms with E-state index in [1.54, 1.807) is 11.8 Å². The summed E-state index contributed by atoms with van der Waals surface area (Å²) in [6.45, 7) is 4.22. The van der Waals surface area contributed by atoms with Gasteiger partial charge in [0.05, 0.1) is 4.20 Å². The monoisotopic (exact) mass is 161 g/mol. The summed E-state index contributed by atoms with van der Waals surface area (Å²) in [5.41, 5.74) is 0. The normalized spacial score (nSPS) is 10.0. The van der Waals surface area contributed by atoms with Crippen LogP contribution in [-0.2, 0) is 0 Å². The van der Waals surface area contributed by atoms with Crippen LogP contribution >= 0.6 is 24.0 Å². The van der Waals surface area contributed by atoms with Crippen molar-refractivity contribution in [2.75, 3.05) is 5.38 Å². The summed E-state index contributed by atoms with van der Waals surface area (Å²) in [5, 5.41) is 0.914. The Bertz CT molecular complexity index is 80.5. The molecule has 0 N–H and O–H groups in total. The lowest BCUT2D eigenvalue weighted by Crippen LogP contribution is -1.99. The van der Waals surface area contributed by atoms with Crippen molar-refractivity contribution in [3.05, 3.63) is 0 Å². The van der Waals surface area contributed by atoms with Crippen LogP contribution in [-0.4, -0.2) is 19.8 Å². The van der Waals surface area contributed by atoms with Gasteiger partial charge in [-0.25, -0.2) is 0 Å². The second kappa shape index (κ2) is 4.53. The largest absolute Gasteiger partial charge is 0.123 e. The van der Waals surface area contributed by atoms with Crippen molar-refractivity contribution in [1.29, 1.82) is 0 Å². The fourth-order valence-corrected chi connectivity index (χ4v) is 1.67. The topological polar surface area (TPSA) is 0 Å². The van der Waals surface area contributed by atoms with Crippen LogP contribution in [0.5, 0.6) is 0 Å². The van der Waals surface area contributed by atoms with Gasteiger partial charge in [0, 0.05) is 10.2 Å². The van der Waals surface area contributed by atoms with E-state index in [1.807, 2.05) is 0 Å². The van der Waals surface area contributed by atoms with E-state index >= 15 is 0 Å². The summed E-state index contributed by atoms with van der Waals surface area (Å²) in [6.07, 6.45) is 0. The molecule has 0 aliphatic heterocycles. The summed E-state index contributed by atoms with van der Waals surface area (Å²) in [4.78, 5) is 0. The van der Waals surface area contributed by atoms with Crippen molar-refractivity contribution >= 4 is 38.4 Å². The SMILES string of the molecule is CC(C)C(=S)SC[Si]. The van der Waals surface area contributed by atoms with Crippen molar-refractivity contribution in [2.45, 2.75) is 13.8 Å². The maximum atomic E-state index is 5.01. The van der Waals surface area contributed by atoms with Crippen LogP contribution in [0.4, 0.5) is 0 Å². The Labute approximate surface area is 63.9 Å². The van der Waals surface area contributed by atoms with E-state index in [-0.39, 0.29) is 0 Å². The molecule has 0 amide bonds. The molecule has 0 aromatic rings. The van der Waals surface area contributed by atoms with Crippen LogP contribution in [0.25, 0.3) is 0 Å². The van der Waals surface area contributed by atoms with E-state index in [0.717, 1.165) is 9.57 Å². The predicted octanol–water partition coefficient (Wildman–Crippen LogP) is 1.83. The average molecular weight is 161 g/mol. The minimum Gasteiger partial charge on any atom is -0.123 e. The zero-order valence-electron chi connectivity index (χ0n) is 5.10. The molecule has 0 rings (SSSR count). The van der Waals surface area contributed by atoms with Gasteiger partial charge in [-0.15, -0.1) is 11.8 Å². The van der Waals surface area contributed by atoms with Crippen LogP contribution < -0.4 is 0 Å². The van der Waals surface area contributed by atoms with Crippen LogP contribution in [0.1, 0.15) is 13.8 Å². The molecular formula is C5H9S2Si. The van der Waals surface area contributed by atoms with Gasteiger partial charge in [-0.1, -0.05) is 26.1 Å². The molecule has 8 heavy (non-hydrogen) atoms. The molecule has 0 bridgehead atoms. The van der Waals surface area contributed by atoms with E-state index in [1.165, 1.54) is 0 Å². The first kappa shape index (κ1) is 8.66. The smallest absolute Gasteiger partial charge is 0.0500 e. The molecule has 0 aliphatic rings. The van der Waals surface area contributed by atoms with Gasteiger partial charge in [0.15, 0.2) is 0 Å². The highest BCUT2D eigenvalue weighted by Crippen LogP contribution is 2.10. The molecule has 0 saturated carbocycles. The lowest BCUT2D eigenvalue weighted by atomic mass is 10.3. The Morgan fingerprint density at radius 1 is 1.75 bits per heavy atom. The second-order valence-corrected chi connectivity index (χ2v) is 4.34. The molecule has 0 unspecified atom stereocenters. The Morgan fingerprint density at radius 3 is 2.38 bits per heavy atom. The maximum Gasteiger partial charge on any atom is 0.0500 e. The molecule has 0 fully saturated rings. The average Bonchev–Trinajstić information content (AvgIpc) is 1.67. The molecule has 3 heteroatoms. The Morgan fingerprint density at radius 2 is 2.25 bits per heavy atom. The molecule has 0 aliphatic carbocycles. The quantitative estimate of drug-likeness (QED) is 0.448. The highest BCUT2D eigenvalue weighted by molar-refractivity contribution is 8.23. The second-order valence-electron chi connectivity index (χ2n) is 1.76. The lowest BCUT2D eigenvalue weighted by Gasteiger charge is -2.02. The summed E-state index contributed by atoms with van der Waals surface area (Å²) < 4.78 is 1.08. The third kappa shape index (κ3) is 3.63. The van der Waals surface area contributed by atoms with Gasteiger partial charge in [0.1, 0.15) is 0 Å². The molecule has 0 aromatic carbocycles. The Balaban J connectivity index is 3.33. The van der Waals surface area contributed by atoms with Gasteiger partial charge >= 0.3 is 0 Å². The number of thiocarbonyl (C=S) groups is 1. The zero-order valence-corrected chi connectivity index (χ0v) is 7.73. The molecule has 0 nitrogen and oxygen atoms in total. The van der Waals surface area contributed by atoms with E-state index < -0.39 is 0 Å². The highest BCUT2D eigenvalue weighted by Gasteiger charge is 1.99. The molecule has 0 heterocycles. The van der Waals surface area contributed by atoms with Gasteiger partial charge < -0.3 is 0 Å². The van der Waals surface area contributed by atoms with Crippen LogP contribution in [0.15, 0.2) is 0 Å². The fourth-order valence-electron chi connectivity index (χ4n) is 0.238. The van der Waals surface area contributed by atoms with Crippen molar-refractivity contribution < 1.29 is 0 Å². The molecule has 0 saturated heterocycles. The first-order valence-corrected chi connectivity index (χ1v) is 4.59. The summed E-state index contributed by atoms with van der Waals surface area (Å²) in [6, 6.07) is 0. The number of hydrogen-bond acceptors (Lipinski definition) is 2. The van der Waals surface area contributed by atoms with Crippen LogP contribution in [0.3, 0.4) is 0 Å². The van der Waals surface area contributed by atoms with Gasteiger partial charge in [0.2, 0.25) is 0 Å². The minimum atomic E-state index is 0.534. The minimum absolute atomic E-state index is 0.534. The van der Waals surface area contributed by atoms with Gasteiger partial charge in [-0.2, -0.15) is 0 Å². The van der Waals surface area contributed by atoms with E-state index in [2.05, 4.69) is 24.1 Å². The summed E-state index contributed by atoms with van der Waals surface area (Å²) >= 11 is 6.69. The Hall–Kier alpha value is 0.657. The first-order chi connectivity index (χ1) is 3.68. The molecule has 45 valence electrons. The summed E-state index contributed by atoms with van der Waals surface area (Å²) in [5.74, 6) is 0.534. The predicted molar refractivity (Wildman–Crippen MR) is 45.6 cm³/mol. The van der Waals surface area contributed by atoms with Gasteiger partial charge in [0.25, 0.3) is 0 Å². The van der Waals surface area contributed by atoms with Gasteiger partial charge in [-0.05, 0) is 11.3 Å². The standard InChI is InChI=1S/C5H9S2Si/c1-4(2)5(6)7-3-8/h4H,3H2,1-2H3. The first-order valence-electron chi connectivity index (χ1n) is 2.49. The molecular weight excluding hydrogens is 152 g/mol. The highest BCUT2D eigenvalue weighted by atomic mass is 32.2.